The number of rotatable bonds is 3. The summed E-state index contributed by atoms with van der Waals surface area (Å²) < 4.78 is 0. The van der Waals surface area contributed by atoms with Crippen molar-refractivity contribution in [2.24, 2.45) is 0 Å². The summed E-state index contributed by atoms with van der Waals surface area (Å²) >= 11 is 0. The van der Waals surface area contributed by atoms with Crippen molar-refractivity contribution >= 4 is 11.8 Å². The summed E-state index contributed by atoms with van der Waals surface area (Å²) in [5, 5.41) is 0. The van der Waals surface area contributed by atoms with Gasteiger partial charge in [0.2, 0.25) is 0 Å². The Kier molecular flexibility index (Phi) is 2.66. The summed E-state index contributed by atoms with van der Waals surface area (Å²) in [6.07, 6.45) is 4.48. The molecule has 0 bridgehead atoms. The van der Waals surface area contributed by atoms with Crippen LogP contribution in [0.5, 0.6) is 0 Å². The maximum Gasteiger partial charge on any atom is 0.0652 e. The van der Waals surface area contributed by atoms with Crippen LogP contribution in [0.1, 0.15) is 5.56 Å². The Morgan fingerprint density at radius 2 is 1.53 bits per heavy atom. The summed E-state index contributed by atoms with van der Waals surface area (Å²) in [4.78, 5) is 2.39. The average Bonchev–Trinajstić information content (AvgIpc) is 3.18. The van der Waals surface area contributed by atoms with Gasteiger partial charge in [-0.1, -0.05) is 60.7 Å². The molecule has 1 heteroatoms. The molecule has 2 aromatic rings. The average molecular weight is 221 g/mol. The smallest absolute Gasteiger partial charge is 0.0652 e. The van der Waals surface area contributed by atoms with Crippen LogP contribution in [0.3, 0.4) is 0 Å². The van der Waals surface area contributed by atoms with E-state index in [1.807, 2.05) is 6.07 Å². The zero-order chi connectivity index (χ0) is 11.5. The van der Waals surface area contributed by atoms with Crippen molar-refractivity contribution in [2.75, 3.05) is 11.4 Å². The quantitative estimate of drug-likeness (QED) is 0.716. The first-order valence-electron chi connectivity index (χ1n) is 5.98. The third-order valence-electron chi connectivity index (χ3n) is 3.05. The van der Waals surface area contributed by atoms with E-state index >= 15 is 0 Å². The Bertz CT molecular complexity index is 502. The van der Waals surface area contributed by atoms with E-state index in [0.29, 0.717) is 6.04 Å². The lowest BCUT2D eigenvalue weighted by Crippen LogP contribution is -1.95. The van der Waals surface area contributed by atoms with E-state index in [1.165, 1.54) is 11.3 Å². The number of hydrogen-bond donors (Lipinski definition) is 0. The number of hydrogen-bond acceptors (Lipinski definition) is 1. The topological polar surface area (TPSA) is 3.01 Å². The van der Waals surface area contributed by atoms with Crippen molar-refractivity contribution < 1.29 is 0 Å². The standard InChI is InChI=1S/C16H15N/c1-3-7-14(8-4-1)11-12-16-13-17(16)15-9-5-2-6-10-15/h1-12,16H,13H2. The molecule has 1 aliphatic heterocycles. The van der Waals surface area contributed by atoms with Crippen molar-refractivity contribution in [3.63, 3.8) is 0 Å². The molecule has 1 saturated heterocycles. The van der Waals surface area contributed by atoms with Gasteiger partial charge in [0, 0.05) is 12.2 Å². The molecular formula is C16H15N. The predicted octanol–water partition coefficient (Wildman–Crippen LogP) is 3.59. The predicted molar refractivity (Wildman–Crippen MR) is 73.1 cm³/mol. The van der Waals surface area contributed by atoms with Crippen molar-refractivity contribution in [3.05, 3.63) is 72.3 Å². The first-order valence-corrected chi connectivity index (χ1v) is 5.98. The van der Waals surface area contributed by atoms with E-state index in [9.17, 15) is 0 Å². The molecule has 0 N–H and O–H groups in total. The van der Waals surface area contributed by atoms with Crippen LogP contribution in [-0.4, -0.2) is 12.6 Å². The summed E-state index contributed by atoms with van der Waals surface area (Å²) in [7, 11) is 0. The molecule has 0 spiro atoms. The molecule has 3 rings (SSSR count). The molecule has 0 radical (unpaired) electrons. The van der Waals surface area contributed by atoms with Crippen LogP contribution in [0.25, 0.3) is 6.08 Å². The monoisotopic (exact) mass is 221 g/mol. The summed E-state index contributed by atoms with van der Waals surface area (Å²) in [5.41, 5.74) is 2.59. The van der Waals surface area contributed by atoms with Gasteiger partial charge in [-0.15, -0.1) is 0 Å². The van der Waals surface area contributed by atoms with Crippen LogP contribution in [0.2, 0.25) is 0 Å². The fourth-order valence-corrected chi connectivity index (χ4v) is 2.02. The van der Waals surface area contributed by atoms with Gasteiger partial charge in [-0.05, 0) is 17.7 Å². The van der Waals surface area contributed by atoms with Crippen molar-refractivity contribution in [1.29, 1.82) is 0 Å². The number of benzene rings is 2. The molecule has 1 unspecified atom stereocenters. The molecule has 17 heavy (non-hydrogen) atoms. The molecule has 0 saturated carbocycles. The molecule has 1 nitrogen and oxygen atoms in total. The van der Waals surface area contributed by atoms with Gasteiger partial charge < -0.3 is 4.90 Å². The zero-order valence-electron chi connectivity index (χ0n) is 9.66. The van der Waals surface area contributed by atoms with Gasteiger partial charge in [0.1, 0.15) is 0 Å². The highest BCUT2D eigenvalue weighted by Crippen LogP contribution is 2.28. The third kappa shape index (κ3) is 2.39. The second-order valence-electron chi connectivity index (χ2n) is 4.33. The van der Waals surface area contributed by atoms with Crippen LogP contribution in [0.15, 0.2) is 66.7 Å². The highest BCUT2D eigenvalue weighted by molar-refractivity contribution is 5.59. The van der Waals surface area contributed by atoms with Crippen molar-refractivity contribution in [1.82, 2.24) is 0 Å². The lowest BCUT2D eigenvalue weighted by atomic mass is 10.2. The highest BCUT2D eigenvalue weighted by Gasteiger charge is 2.31. The second-order valence-corrected chi connectivity index (χ2v) is 4.33. The highest BCUT2D eigenvalue weighted by atomic mass is 15.3. The number of anilines is 1. The first-order chi connectivity index (χ1) is 8.43. The largest absolute Gasteiger partial charge is 0.361 e. The normalized spacial score (nSPS) is 18.6. The van der Waals surface area contributed by atoms with Crippen molar-refractivity contribution in [2.45, 2.75) is 6.04 Å². The Labute approximate surface area is 102 Å². The van der Waals surface area contributed by atoms with Gasteiger partial charge >= 0.3 is 0 Å². The van der Waals surface area contributed by atoms with E-state index in [-0.39, 0.29) is 0 Å². The Balaban J connectivity index is 1.65. The molecule has 0 amide bonds. The molecule has 1 fully saturated rings. The van der Waals surface area contributed by atoms with Gasteiger partial charge in [-0.3, -0.25) is 0 Å². The van der Waals surface area contributed by atoms with E-state index in [2.05, 4.69) is 71.6 Å². The van der Waals surface area contributed by atoms with Crippen molar-refractivity contribution in [3.8, 4) is 0 Å². The van der Waals surface area contributed by atoms with Gasteiger partial charge in [0.25, 0.3) is 0 Å². The Morgan fingerprint density at radius 1 is 0.882 bits per heavy atom. The molecule has 84 valence electrons. The first kappa shape index (κ1) is 10.2. The molecular weight excluding hydrogens is 206 g/mol. The second kappa shape index (κ2) is 4.46. The third-order valence-corrected chi connectivity index (χ3v) is 3.05. The molecule has 1 aliphatic rings. The van der Waals surface area contributed by atoms with Gasteiger partial charge in [-0.2, -0.15) is 0 Å². The zero-order valence-corrected chi connectivity index (χ0v) is 9.66. The van der Waals surface area contributed by atoms with E-state index in [1.54, 1.807) is 0 Å². The van der Waals surface area contributed by atoms with Crippen LogP contribution >= 0.6 is 0 Å². The lowest BCUT2D eigenvalue weighted by molar-refractivity contribution is 1.27. The number of nitrogens with zero attached hydrogens (tertiary/aromatic N) is 1. The number of para-hydroxylation sites is 1. The summed E-state index contributed by atoms with van der Waals surface area (Å²) in [5.74, 6) is 0. The van der Waals surface area contributed by atoms with Crippen LogP contribution in [-0.2, 0) is 0 Å². The minimum atomic E-state index is 0.567. The molecule has 0 aliphatic carbocycles. The molecule has 0 aromatic heterocycles. The molecule has 1 atom stereocenters. The summed E-state index contributed by atoms with van der Waals surface area (Å²) in [6, 6.07) is 21.6. The maximum atomic E-state index is 2.39. The van der Waals surface area contributed by atoms with Crippen LogP contribution in [0, 0.1) is 0 Å². The van der Waals surface area contributed by atoms with Gasteiger partial charge in [0.05, 0.1) is 6.04 Å². The summed E-state index contributed by atoms with van der Waals surface area (Å²) in [6.45, 7) is 1.13. The van der Waals surface area contributed by atoms with E-state index in [4.69, 9.17) is 0 Å². The molecule has 2 aromatic carbocycles. The van der Waals surface area contributed by atoms with Crippen LogP contribution in [0.4, 0.5) is 5.69 Å². The van der Waals surface area contributed by atoms with E-state index < -0.39 is 0 Å². The molecule has 1 heterocycles. The SMILES string of the molecule is C(=CC1CN1c1ccccc1)c1ccccc1. The fraction of sp³-hybridized carbons (Fsp3) is 0.125. The fourth-order valence-electron chi connectivity index (χ4n) is 2.02. The maximum absolute atomic E-state index is 2.39. The van der Waals surface area contributed by atoms with Gasteiger partial charge in [-0.25, -0.2) is 0 Å². The minimum Gasteiger partial charge on any atom is -0.361 e. The minimum absolute atomic E-state index is 0.567. The Morgan fingerprint density at radius 3 is 2.24 bits per heavy atom. The van der Waals surface area contributed by atoms with E-state index in [0.717, 1.165) is 6.54 Å². The van der Waals surface area contributed by atoms with Crippen LogP contribution < -0.4 is 4.90 Å². The lowest BCUT2D eigenvalue weighted by Gasteiger charge is -2.02. The Hall–Kier alpha value is -2.02. The van der Waals surface area contributed by atoms with Gasteiger partial charge in [0.15, 0.2) is 0 Å².